The second-order valence-corrected chi connectivity index (χ2v) is 3.83. The molecule has 82 valence electrons. The molecule has 0 aliphatic heterocycles. The minimum atomic E-state index is 0.929. The van der Waals surface area contributed by atoms with Gasteiger partial charge < -0.3 is 5.32 Å². The summed E-state index contributed by atoms with van der Waals surface area (Å²) in [4.78, 5) is 2.24. The second kappa shape index (κ2) is 6.38. The lowest BCUT2D eigenvalue weighted by Crippen LogP contribution is -2.17. The molecule has 0 radical (unpaired) electrons. The first-order valence-corrected chi connectivity index (χ1v) is 5.28. The first-order valence-electron chi connectivity index (χ1n) is 5.28. The minimum absolute atomic E-state index is 0.929. The summed E-state index contributed by atoms with van der Waals surface area (Å²) >= 11 is 0. The van der Waals surface area contributed by atoms with E-state index in [-0.39, 0.29) is 0 Å². The quantitative estimate of drug-likeness (QED) is 0.713. The molecular formula is C13H20N2. The summed E-state index contributed by atoms with van der Waals surface area (Å²) in [6, 6.07) is 8.72. The summed E-state index contributed by atoms with van der Waals surface area (Å²) in [6.45, 7) is 6.57. The Morgan fingerprint density at radius 1 is 1.27 bits per heavy atom. The average molecular weight is 204 g/mol. The fourth-order valence-corrected chi connectivity index (χ4v) is 1.56. The molecule has 1 aromatic rings. The van der Waals surface area contributed by atoms with E-state index in [0.717, 1.165) is 19.6 Å². The molecule has 0 aliphatic rings. The maximum Gasteiger partial charge on any atom is 0.0233 e. The Labute approximate surface area is 92.6 Å². The fourth-order valence-electron chi connectivity index (χ4n) is 1.56. The molecule has 0 heterocycles. The van der Waals surface area contributed by atoms with Gasteiger partial charge in [-0.2, -0.15) is 0 Å². The maximum atomic E-state index is 3.73. The van der Waals surface area contributed by atoms with Gasteiger partial charge in [-0.1, -0.05) is 30.3 Å². The minimum Gasteiger partial charge on any atom is -0.316 e. The van der Waals surface area contributed by atoms with Crippen molar-refractivity contribution in [2.45, 2.75) is 13.1 Å². The first-order chi connectivity index (χ1) is 7.26. The summed E-state index contributed by atoms with van der Waals surface area (Å²) in [6.07, 6.45) is 1.93. The van der Waals surface area contributed by atoms with E-state index in [1.807, 2.05) is 13.1 Å². The third-order valence-electron chi connectivity index (χ3n) is 2.30. The average Bonchev–Trinajstić information content (AvgIpc) is 2.22. The lowest BCUT2D eigenvalue weighted by atomic mass is 10.1. The van der Waals surface area contributed by atoms with E-state index in [2.05, 4.69) is 48.1 Å². The van der Waals surface area contributed by atoms with E-state index in [0.29, 0.717) is 0 Å². The molecule has 2 heteroatoms. The molecule has 0 aliphatic carbocycles. The topological polar surface area (TPSA) is 15.3 Å². The Kier molecular flexibility index (Phi) is 5.08. The number of nitrogens with zero attached hydrogens (tertiary/aromatic N) is 1. The van der Waals surface area contributed by atoms with Crippen LogP contribution < -0.4 is 5.32 Å². The highest BCUT2D eigenvalue weighted by molar-refractivity contribution is 5.22. The largest absolute Gasteiger partial charge is 0.316 e. The predicted octanol–water partition coefficient (Wildman–Crippen LogP) is 2.02. The van der Waals surface area contributed by atoms with Crippen LogP contribution in [0, 0.1) is 0 Å². The van der Waals surface area contributed by atoms with E-state index in [1.165, 1.54) is 11.1 Å². The van der Waals surface area contributed by atoms with Gasteiger partial charge in [0.05, 0.1) is 0 Å². The van der Waals surface area contributed by atoms with E-state index in [4.69, 9.17) is 0 Å². The van der Waals surface area contributed by atoms with Gasteiger partial charge in [0.25, 0.3) is 0 Å². The molecule has 0 fully saturated rings. The molecule has 1 aromatic carbocycles. The Hall–Kier alpha value is -1.12. The number of hydrogen-bond donors (Lipinski definition) is 1. The van der Waals surface area contributed by atoms with Gasteiger partial charge in [0.2, 0.25) is 0 Å². The summed E-state index contributed by atoms with van der Waals surface area (Å²) < 4.78 is 0. The van der Waals surface area contributed by atoms with Crippen LogP contribution in [-0.4, -0.2) is 25.5 Å². The summed E-state index contributed by atoms with van der Waals surface area (Å²) in [5, 5.41) is 3.14. The smallest absolute Gasteiger partial charge is 0.0233 e. The zero-order valence-electron chi connectivity index (χ0n) is 9.66. The Bertz CT molecular complexity index is 290. The molecule has 15 heavy (non-hydrogen) atoms. The van der Waals surface area contributed by atoms with Crippen molar-refractivity contribution in [2.75, 3.05) is 20.6 Å². The van der Waals surface area contributed by atoms with E-state index >= 15 is 0 Å². The van der Waals surface area contributed by atoms with Crippen molar-refractivity contribution in [3.05, 3.63) is 48.0 Å². The zero-order valence-corrected chi connectivity index (χ0v) is 9.66. The van der Waals surface area contributed by atoms with Crippen LogP contribution >= 0.6 is 0 Å². The van der Waals surface area contributed by atoms with E-state index in [9.17, 15) is 0 Å². The molecule has 1 rings (SSSR count). The molecular weight excluding hydrogens is 184 g/mol. The van der Waals surface area contributed by atoms with E-state index < -0.39 is 0 Å². The normalized spacial score (nSPS) is 10.6. The van der Waals surface area contributed by atoms with Gasteiger partial charge >= 0.3 is 0 Å². The van der Waals surface area contributed by atoms with Crippen LogP contribution in [0.3, 0.4) is 0 Å². The van der Waals surface area contributed by atoms with E-state index in [1.54, 1.807) is 0 Å². The molecule has 0 unspecified atom stereocenters. The summed E-state index contributed by atoms with van der Waals surface area (Å²) in [5.74, 6) is 0. The predicted molar refractivity (Wildman–Crippen MR) is 65.7 cm³/mol. The number of benzene rings is 1. The van der Waals surface area contributed by atoms with Crippen molar-refractivity contribution >= 4 is 0 Å². The molecule has 0 amide bonds. The van der Waals surface area contributed by atoms with Crippen molar-refractivity contribution in [2.24, 2.45) is 0 Å². The van der Waals surface area contributed by atoms with Crippen molar-refractivity contribution in [1.29, 1.82) is 0 Å². The number of likely N-dealkylation sites (N-methyl/N-ethyl adjacent to an activating group) is 1. The zero-order chi connectivity index (χ0) is 11.1. The Morgan fingerprint density at radius 3 is 2.40 bits per heavy atom. The number of nitrogens with one attached hydrogen (secondary N) is 1. The Balaban J connectivity index is 2.52. The van der Waals surface area contributed by atoms with Crippen LogP contribution in [0.25, 0.3) is 0 Å². The van der Waals surface area contributed by atoms with Gasteiger partial charge in [0.1, 0.15) is 0 Å². The van der Waals surface area contributed by atoms with Crippen LogP contribution in [0.4, 0.5) is 0 Å². The molecule has 0 atom stereocenters. The van der Waals surface area contributed by atoms with Crippen LogP contribution in [0.1, 0.15) is 11.1 Å². The van der Waals surface area contributed by atoms with Gasteiger partial charge in [0.15, 0.2) is 0 Å². The monoisotopic (exact) mass is 204 g/mol. The SMILES string of the molecule is C=CCN(C)Cc1ccc(CNC)cc1. The molecule has 1 N–H and O–H groups in total. The van der Waals surface area contributed by atoms with Crippen LogP contribution in [-0.2, 0) is 13.1 Å². The fraction of sp³-hybridized carbons (Fsp3) is 0.385. The van der Waals surface area contributed by atoms with Gasteiger partial charge in [-0.3, -0.25) is 4.90 Å². The highest BCUT2D eigenvalue weighted by Gasteiger charge is 1.98. The third kappa shape index (κ3) is 4.28. The van der Waals surface area contributed by atoms with Crippen molar-refractivity contribution in [1.82, 2.24) is 10.2 Å². The number of rotatable bonds is 6. The van der Waals surface area contributed by atoms with Crippen LogP contribution in [0.2, 0.25) is 0 Å². The third-order valence-corrected chi connectivity index (χ3v) is 2.30. The maximum absolute atomic E-state index is 3.73. The molecule has 0 aromatic heterocycles. The second-order valence-electron chi connectivity index (χ2n) is 3.83. The first kappa shape index (κ1) is 12.0. The van der Waals surface area contributed by atoms with Gasteiger partial charge in [-0.05, 0) is 25.2 Å². The molecule has 0 bridgehead atoms. The lowest BCUT2D eigenvalue weighted by Gasteiger charge is -2.14. The molecule has 2 nitrogen and oxygen atoms in total. The molecule has 0 saturated heterocycles. The lowest BCUT2D eigenvalue weighted by molar-refractivity contribution is 0.363. The summed E-state index contributed by atoms with van der Waals surface area (Å²) in [7, 11) is 4.06. The van der Waals surface area contributed by atoms with Crippen LogP contribution in [0.5, 0.6) is 0 Å². The molecule has 0 spiro atoms. The molecule has 0 saturated carbocycles. The van der Waals surface area contributed by atoms with Crippen molar-refractivity contribution in [3.8, 4) is 0 Å². The highest BCUT2D eigenvalue weighted by Crippen LogP contribution is 2.06. The van der Waals surface area contributed by atoms with Gasteiger partial charge in [0, 0.05) is 19.6 Å². The van der Waals surface area contributed by atoms with Crippen molar-refractivity contribution < 1.29 is 0 Å². The van der Waals surface area contributed by atoms with Gasteiger partial charge in [-0.25, -0.2) is 0 Å². The highest BCUT2D eigenvalue weighted by atomic mass is 15.1. The standard InChI is InChI=1S/C13H20N2/c1-4-9-15(3)11-13-7-5-12(6-8-13)10-14-2/h4-8,14H,1,9-11H2,2-3H3. The Morgan fingerprint density at radius 2 is 1.87 bits per heavy atom. The van der Waals surface area contributed by atoms with Crippen molar-refractivity contribution in [3.63, 3.8) is 0 Å². The van der Waals surface area contributed by atoms with Gasteiger partial charge in [-0.15, -0.1) is 6.58 Å². The van der Waals surface area contributed by atoms with Crippen LogP contribution in [0.15, 0.2) is 36.9 Å². The number of hydrogen-bond acceptors (Lipinski definition) is 2. The summed E-state index contributed by atoms with van der Waals surface area (Å²) in [5.41, 5.74) is 2.67.